The Kier molecular flexibility index (Phi) is 6.74. The molecule has 2 rings (SSSR count). The first kappa shape index (κ1) is 18.1. The van der Waals surface area contributed by atoms with E-state index < -0.39 is 11.9 Å². The average Bonchev–Trinajstić information content (AvgIpc) is 2.55. The van der Waals surface area contributed by atoms with Gasteiger partial charge in [-0.1, -0.05) is 0 Å². The number of nitrogens with zero attached hydrogens (tertiary/aromatic N) is 2. The fraction of sp³-hybridized carbons (Fsp3) is 0.812. The number of thioether (sulfide) groups is 1. The minimum absolute atomic E-state index is 0.0557. The van der Waals surface area contributed by atoms with E-state index in [1.165, 1.54) is 18.2 Å². The van der Waals surface area contributed by atoms with Gasteiger partial charge in [0.15, 0.2) is 0 Å². The maximum absolute atomic E-state index is 12.3. The molecule has 2 saturated heterocycles. The van der Waals surface area contributed by atoms with Crippen LogP contribution in [0.1, 0.15) is 39.0 Å². The number of rotatable bonds is 5. The summed E-state index contributed by atoms with van der Waals surface area (Å²) in [6.45, 7) is 3.91. The monoisotopic (exact) mass is 342 g/mol. The molecule has 2 aliphatic heterocycles. The van der Waals surface area contributed by atoms with Gasteiger partial charge >= 0.3 is 5.97 Å². The molecule has 2 atom stereocenters. The summed E-state index contributed by atoms with van der Waals surface area (Å²) in [5.41, 5.74) is 0. The van der Waals surface area contributed by atoms with Gasteiger partial charge in [0, 0.05) is 25.7 Å². The van der Waals surface area contributed by atoms with Crippen LogP contribution in [0.5, 0.6) is 0 Å². The van der Waals surface area contributed by atoms with Crippen LogP contribution in [-0.2, 0) is 14.4 Å². The standard InChI is InChI=1S/C16H26N2O4S/c1-12-5-6-13(16(21)22)9-18(12)15(20)11-23-10-14(19)17-7-3-2-4-8-17/h12-13H,2-11H2,1H3,(H,21,22). The highest BCUT2D eigenvalue weighted by molar-refractivity contribution is 8.00. The summed E-state index contributed by atoms with van der Waals surface area (Å²) in [7, 11) is 0. The van der Waals surface area contributed by atoms with E-state index in [1.54, 1.807) is 4.90 Å². The second-order valence-corrected chi connectivity index (χ2v) is 7.43. The van der Waals surface area contributed by atoms with Gasteiger partial charge in [0.2, 0.25) is 11.8 Å². The molecule has 2 aliphatic rings. The zero-order valence-corrected chi connectivity index (χ0v) is 14.5. The maximum Gasteiger partial charge on any atom is 0.308 e. The van der Waals surface area contributed by atoms with E-state index in [1.807, 2.05) is 11.8 Å². The number of amides is 2. The summed E-state index contributed by atoms with van der Waals surface area (Å²) < 4.78 is 0. The molecule has 0 aliphatic carbocycles. The van der Waals surface area contributed by atoms with Gasteiger partial charge < -0.3 is 14.9 Å². The molecular formula is C16H26N2O4S. The Labute approximate surface area is 141 Å². The summed E-state index contributed by atoms with van der Waals surface area (Å²) in [5.74, 6) is -0.665. The van der Waals surface area contributed by atoms with Gasteiger partial charge in [0.25, 0.3) is 0 Å². The molecule has 0 saturated carbocycles. The summed E-state index contributed by atoms with van der Waals surface area (Å²) >= 11 is 1.34. The number of carbonyl (C=O) groups excluding carboxylic acids is 2. The highest BCUT2D eigenvalue weighted by Gasteiger charge is 2.32. The van der Waals surface area contributed by atoms with Crippen LogP contribution < -0.4 is 0 Å². The first-order valence-electron chi connectivity index (χ1n) is 8.37. The van der Waals surface area contributed by atoms with E-state index in [2.05, 4.69) is 0 Å². The summed E-state index contributed by atoms with van der Waals surface area (Å²) in [4.78, 5) is 39.0. The minimum Gasteiger partial charge on any atom is -0.481 e. The Morgan fingerprint density at radius 3 is 2.35 bits per heavy atom. The predicted octanol–water partition coefficient (Wildman–Crippen LogP) is 1.44. The zero-order chi connectivity index (χ0) is 16.8. The van der Waals surface area contributed by atoms with Crippen molar-refractivity contribution < 1.29 is 19.5 Å². The first-order valence-corrected chi connectivity index (χ1v) is 9.52. The molecule has 2 fully saturated rings. The molecule has 0 aromatic carbocycles. The van der Waals surface area contributed by atoms with Crippen LogP contribution in [-0.4, -0.2) is 69.9 Å². The summed E-state index contributed by atoms with van der Waals surface area (Å²) in [6, 6.07) is 0.0801. The third-order valence-corrected chi connectivity index (χ3v) is 5.61. The molecule has 0 bridgehead atoms. The fourth-order valence-electron chi connectivity index (χ4n) is 3.20. The van der Waals surface area contributed by atoms with E-state index in [9.17, 15) is 14.4 Å². The lowest BCUT2D eigenvalue weighted by Crippen LogP contribution is -2.48. The summed E-state index contributed by atoms with van der Waals surface area (Å²) in [6.07, 6.45) is 4.67. The second-order valence-electron chi connectivity index (χ2n) is 6.44. The van der Waals surface area contributed by atoms with Crippen molar-refractivity contribution in [3.63, 3.8) is 0 Å². The maximum atomic E-state index is 12.3. The molecular weight excluding hydrogens is 316 g/mol. The SMILES string of the molecule is CC1CCC(C(=O)O)CN1C(=O)CSCC(=O)N1CCCCC1. The molecule has 23 heavy (non-hydrogen) atoms. The molecule has 2 heterocycles. The average molecular weight is 342 g/mol. The number of likely N-dealkylation sites (tertiary alicyclic amines) is 2. The largest absolute Gasteiger partial charge is 0.481 e. The zero-order valence-electron chi connectivity index (χ0n) is 13.7. The van der Waals surface area contributed by atoms with Crippen molar-refractivity contribution in [3.05, 3.63) is 0 Å². The van der Waals surface area contributed by atoms with Gasteiger partial charge in [-0.3, -0.25) is 14.4 Å². The van der Waals surface area contributed by atoms with E-state index in [0.717, 1.165) is 32.4 Å². The lowest BCUT2D eigenvalue weighted by molar-refractivity contribution is -0.146. The molecule has 130 valence electrons. The number of carboxylic acids is 1. The van der Waals surface area contributed by atoms with Gasteiger partial charge in [0.1, 0.15) is 0 Å². The third kappa shape index (κ3) is 5.12. The molecule has 2 amide bonds. The lowest BCUT2D eigenvalue weighted by Gasteiger charge is -2.36. The van der Waals surface area contributed by atoms with Crippen molar-refractivity contribution in [2.45, 2.75) is 45.1 Å². The van der Waals surface area contributed by atoms with Crippen LogP contribution in [0.2, 0.25) is 0 Å². The molecule has 2 unspecified atom stereocenters. The van der Waals surface area contributed by atoms with E-state index in [4.69, 9.17) is 5.11 Å². The van der Waals surface area contributed by atoms with Crippen molar-refractivity contribution in [2.24, 2.45) is 5.92 Å². The van der Waals surface area contributed by atoms with Gasteiger partial charge in [-0.15, -0.1) is 11.8 Å². The van der Waals surface area contributed by atoms with Gasteiger partial charge in [-0.05, 0) is 39.0 Å². The summed E-state index contributed by atoms with van der Waals surface area (Å²) in [5, 5.41) is 9.12. The lowest BCUT2D eigenvalue weighted by atomic mass is 9.93. The Bertz CT molecular complexity index is 451. The van der Waals surface area contributed by atoms with E-state index in [-0.39, 0.29) is 30.2 Å². The highest BCUT2D eigenvalue weighted by Crippen LogP contribution is 2.23. The molecule has 6 nitrogen and oxygen atoms in total. The molecule has 0 radical (unpaired) electrons. The van der Waals surface area contributed by atoms with Crippen molar-refractivity contribution in [3.8, 4) is 0 Å². The Balaban J connectivity index is 1.74. The van der Waals surface area contributed by atoms with Gasteiger partial charge in [-0.25, -0.2) is 0 Å². The molecule has 0 spiro atoms. The van der Waals surface area contributed by atoms with Crippen molar-refractivity contribution >= 4 is 29.5 Å². The van der Waals surface area contributed by atoms with Crippen molar-refractivity contribution in [1.29, 1.82) is 0 Å². The van der Waals surface area contributed by atoms with Crippen LogP contribution in [0.4, 0.5) is 0 Å². The number of carboxylic acid groups (broad SMARTS) is 1. The number of carbonyl (C=O) groups is 3. The molecule has 7 heteroatoms. The number of hydrogen-bond acceptors (Lipinski definition) is 4. The predicted molar refractivity (Wildman–Crippen MR) is 89.3 cm³/mol. The molecule has 0 aromatic heterocycles. The normalized spacial score (nSPS) is 25.3. The van der Waals surface area contributed by atoms with E-state index in [0.29, 0.717) is 12.2 Å². The number of hydrogen-bond donors (Lipinski definition) is 1. The van der Waals surface area contributed by atoms with Gasteiger partial charge in [0.05, 0.1) is 17.4 Å². The second kappa shape index (κ2) is 8.57. The van der Waals surface area contributed by atoms with Crippen molar-refractivity contribution in [1.82, 2.24) is 9.80 Å². The minimum atomic E-state index is -0.831. The van der Waals surface area contributed by atoms with Crippen LogP contribution in [0, 0.1) is 5.92 Å². The van der Waals surface area contributed by atoms with Crippen LogP contribution in [0.15, 0.2) is 0 Å². The number of aliphatic carboxylic acids is 1. The quantitative estimate of drug-likeness (QED) is 0.818. The van der Waals surface area contributed by atoms with Crippen LogP contribution >= 0.6 is 11.8 Å². The Hall–Kier alpha value is -1.24. The molecule has 0 aromatic rings. The topological polar surface area (TPSA) is 77.9 Å². The Morgan fingerprint density at radius 2 is 1.70 bits per heavy atom. The highest BCUT2D eigenvalue weighted by atomic mass is 32.2. The van der Waals surface area contributed by atoms with E-state index >= 15 is 0 Å². The fourth-order valence-corrected chi connectivity index (χ4v) is 4.00. The number of piperidine rings is 2. The first-order chi connectivity index (χ1) is 11.0. The molecule has 1 N–H and O–H groups in total. The van der Waals surface area contributed by atoms with Gasteiger partial charge in [-0.2, -0.15) is 0 Å². The van der Waals surface area contributed by atoms with Crippen LogP contribution in [0.25, 0.3) is 0 Å². The van der Waals surface area contributed by atoms with Crippen LogP contribution in [0.3, 0.4) is 0 Å². The van der Waals surface area contributed by atoms with Crippen molar-refractivity contribution in [2.75, 3.05) is 31.1 Å². The Morgan fingerprint density at radius 1 is 1.04 bits per heavy atom. The third-order valence-electron chi connectivity index (χ3n) is 4.71. The smallest absolute Gasteiger partial charge is 0.308 e.